The van der Waals surface area contributed by atoms with Gasteiger partial charge in [0.1, 0.15) is 0 Å². The smallest absolute Gasteiger partial charge is 0.254 e. The van der Waals surface area contributed by atoms with Crippen molar-refractivity contribution in [2.75, 3.05) is 33.3 Å². The highest BCUT2D eigenvalue weighted by atomic mass is 19.1. The number of nitrogens with zero attached hydrogens (tertiary/aromatic N) is 2. The number of amides is 1. The molecule has 5 rings (SSSR count). The van der Waals surface area contributed by atoms with Crippen LogP contribution in [0.5, 0.6) is 5.75 Å². The number of carbonyl (C=O) groups excluding carboxylic acids is 1. The molecule has 0 saturated carbocycles. The van der Waals surface area contributed by atoms with E-state index in [2.05, 4.69) is 53.4 Å². The van der Waals surface area contributed by atoms with E-state index in [0.717, 1.165) is 25.9 Å². The number of benzene rings is 3. The third-order valence-electron chi connectivity index (χ3n) is 6.73. The van der Waals surface area contributed by atoms with Crippen molar-refractivity contribution in [3.8, 4) is 5.75 Å². The first kappa shape index (κ1) is 20.7. The fraction of sp³-hybridized carbons (Fsp3) is 0.296. The maximum atomic E-state index is 14.1. The highest BCUT2D eigenvalue weighted by Crippen LogP contribution is 2.37. The Bertz CT molecular complexity index is 1090. The number of hydrogen-bond acceptors (Lipinski definition) is 3. The fourth-order valence-corrected chi connectivity index (χ4v) is 5.05. The van der Waals surface area contributed by atoms with Gasteiger partial charge in [-0.2, -0.15) is 0 Å². The first-order valence-electron chi connectivity index (χ1n) is 11.2. The molecule has 0 spiro atoms. The van der Waals surface area contributed by atoms with E-state index in [0.29, 0.717) is 18.7 Å². The highest BCUT2D eigenvalue weighted by molar-refractivity contribution is 5.94. The summed E-state index contributed by atoms with van der Waals surface area (Å²) in [6, 6.07) is 22.1. The molecule has 164 valence electrons. The monoisotopic (exact) mass is 430 g/mol. The SMILES string of the molecule is COc1ccc(C(=O)N2CCN(C3c4ccccc4CCc4ccccc43)CC2)cc1F. The normalized spacial score (nSPS) is 16.8. The van der Waals surface area contributed by atoms with E-state index >= 15 is 0 Å². The molecule has 1 aliphatic carbocycles. The van der Waals surface area contributed by atoms with Gasteiger partial charge < -0.3 is 9.64 Å². The first-order valence-corrected chi connectivity index (χ1v) is 11.2. The maximum Gasteiger partial charge on any atom is 0.254 e. The summed E-state index contributed by atoms with van der Waals surface area (Å²) in [6.45, 7) is 2.79. The van der Waals surface area contributed by atoms with Crippen LogP contribution in [-0.4, -0.2) is 49.0 Å². The van der Waals surface area contributed by atoms with E-state index in [1.165, 1.54) is 41.5 Å². The molecule has 3 aromatic carbocycles. The Balaban J connectivity index is 1.37. The number of aryl methyl sites for hydroxylation is 2. The number of methoxy groups -OCH3 is 1. The molecule has 0 atom stereocenters. The molecule has 1 amide bonds. The Hall–Kier alpha value is -3.18. The van der Waals surface area contributed by atoms with Crippen molar-refractivity contribution in [2.24, 2.45) is 0 Å². The minimum Gasteiger partial charge on any atom is -0.494 e. The molecule has 1 aliphatic heterocycles. The lowest BCUT2D eigenvalue weighted by molar-refractivity contribution is 0.0596. The largest absolute Gasteiger partial charge is 0.494 e. The quantitative estimate of drug-likeness (QED) is 0.614. The standard InChI is InChI=1S/C27H27FN2O2/c1-32-25-13-12-21(18-24(25)28)27(31)30-16-14-29(15-17-30)26-22-8-4-2-6-19(22)10-11-20-7-3-5-9-23(20)26/h2-9,12-13,18,26H,10-11,14-17H2,1H3. The van der Waals surface area contributed by atoms with Crippen LogP contribution in [0.1, 0.15) is 38.7 Å². The number of hydrogen-bond donors (Lipinski definition) is 0. The van der Waals surface area contributed by atoms with Gasteiger partial charge in [0, 0.05) is 31.7 Å². The van der Waals surface area contributed by atoms with Gasteiger partial charge >= 0.3 is 0 Å². The molecule has 0 aromatic heterocycles. The molecule has 0 bridgehead atoms. The zero-order valence-corrected chi connectivity index (χ0v) is 18.3. The van der Waals surface area contributed by atoms with Crippen molar-refractivity contribution in [2.45, 2.75) is 18.9 Å². The minimum absolute atomic E-state index is 0.132. The predicted molar refractivity (Wildman–Crippen MR) is 123 cm³/mol. The Morgan fingerprint density at radius 1 is 0.875 bits per heavy atom. The minimum atomic E-state index is -0.511. The Labute approximate surface area is 188 Å². The van der Waals surface area contributed by atoms with Crippen molar-refractivity contribution in [1.29, 1.82) is 0 Å². The zero-order chi connectivity index (χ0) is 22.1. The highest BCUT2D eigenvalue weighted by Gasteiger charge is 2.32. The number of piperazine rings is 1. The summed E-state index contributed by atoms with van der Waals surface area (Å²) in [7, 11) is 1.42. The summed E-state index contributed by atoms with van der Waals surface area (Å²) in [5, 5.41) is 0. The number of halogens is 1. The van der Waals surface area contributed by atoms with E-state index in [1.807, 2.05) is 4.90 Å². The van der Waals surface area contributed by atoms with Gasteiger partial charge in [0.05, 0.1) is 13.2 Å². The summed E-state index contributed by atoms with van der Waals surface area (Å²) < 4.78 is 19.1. The van der Waals surface area contributed by atoms with Crippen LogP contribution in [0, 0.1) is 5.82 Å². The van der Waals surface area contributed by atoms with Crippen molar-refractivity contribution >= 4 is 5.91 Å². The third kappa shape index (κ3) is 3.78. The van der Waals surface area contributed by atoms with Crippen LogP contribution >= 0.6 is 0 Å². The summed E-state index contributed by atoms with van der Waals surface area (Å²) >= 11 is 0. The van der Waals surface area contributed by atoms with Crippen molar-refractivity contribution < 1.29 is 13.9 Å². The maximum absolute atomic E-state index is 14.1. The zero-order valence-electron chi connectivity index (χ0n) is 18.3. The van der Waals surface area contributed by atoms with E-state index in [1.54, 1.807) is 6.07 Å². The Morgan fingerprint density at radius 3 is 2.03 bits per heavy atom. The van der Waals surface area contributed by atoms with Gasteiger partial charge in [0.15, 0.2) is 11.6 Å². The second-order valence-electron chi connectivity index (χ2n) is 8.48. The molecular formula is C27H27FN2O2. The number of fused-ring (bicyclic) bond motifs is 2. The topological polar surface area (TPSA) is 32.8 Å². The van der Waals surface area contributed by atoms with Crippen LogP contribution in [0.15, 0.2) is 66.7 Å². The number of ether oxygens (including phenoxy) is 1. The van der Waals surface area contributed by atoms with Crippen molar-refractivity contribution in [3.63, 3.8) is 0 Å². The molecular weight excluding hydrogens is 403 g/mol. The predicted octanol–water partition coefficient (Wildman–Crippen LogP) is 4.48. The van der Waals surface area contributed by atoms with Crippen LogP contribution in [0.2, 0.25) is 0 Å². The molecule has 0 unspecified atom stereocenters. The van der Waals surface area contributed by atoms with Crippen LogP contribution in [0.25, 0.3) is 0 Å². The molecule has 1 saturated heterocycles. The lowest BCUT2D eigenvalue weighted by Gasteiger charge is -2.40. The molecule has 5 heteroatoms. The van der Waals surface area contributed by atoms with Gasteiger partial charge in [0.25, 0.3) is 5.91 Å². The molecule has 2 aliphatic rings. The van der Waals surface area contributed by atoms with Gasteiger partial charge in [-0.25, -0.2) is 4.39 Å². The van der Waals surface area contributed by atoms with Gasteiger partial charge in [-0.3, -0.25) is 9.69 Å². The van der Waals surface area contributed by atoms with E-state index < -0.39 is 5.82 Å². The molecule has 32 heavy (non-hydrogen) atoms. The average Bonchev–Trinajstić information content (AvgIpc) is 3.00. The lowest BCUT2D eigenvalue weighted by atomic mass is 9.92. The summed E-state index contributed by atoms with van der Waals surface area (Å²) in [5.74, 6) is -0.492. The van der Waals surface area contributed by atoms with E-state index in [9.17, 15) is 9.18 Å². The van der Waals surface area contributed by atoms with Crippen LogP contribution in [0.3, 0.4) is 0 Å². The van der Waals surface area contributed by atoms with Gasteiger partial charge in [0.2, 0.25) is 0 Å². The van der Waals surface area contributed by atoms with Crippen LogP contribution in [-0.2, 0) is 12.8 Å². The Kier molecular flexibility index (Phi) is 5.66. The van der Waals surface area contributed by atoms with Crippen molar-refractivity contribution in [1.82, 2.24) is 9.80 Å². The van der Waals surface area contributed by atoms with E-state index in [4.69, 9.17) is 4.74 Å². The van der Waals surface area contributed by atoms with E-state index in [-0.39, 0.29) is 17.7 Å². The fourth-order valence-electron chi connectivity index (χ4n) is 5.05. The van der Waals surface area contributed by atoms with Gasteiger partial charge in [-0.1, -0.05) is 48.5 Å². The van der Waals surface area contributed by atoms with Gasteiger partial charge in [-0.05, 0) is 53.3 Å². The summed E-state index contributed by atoms with van der Waals surface area (Å²) in [4.78, 5) is 17.3. The molecule has 0 radical (unpaired) electrons. The molecule has 4 nitrogen and oxygen atoms in total. The third-order valence-corrected chi connectivity index (χ3v) is 6.73. The number of rotatable bonds is 3. The molecule has 1 heterocycles. The Morgan fingerprint density at radius 2 is 1.47 bits per heavy atom. The molecule has 1 fully saturated rings. The first-order chi connectivity index (χ1) is 15.7. The molecule has 3 aromatic rings. The van der Waals surface area contributed by atoms with Crippen LogP contribution < -0.4 is 4.74 Å². The van der Waals surface area contributed by atoms with Crippen molar-refractivity contribution in [3.05, 3.63) is 100 Å². The second kappa shape index (κ2) is 8.75. The summed E-state index contributed by atoms with van der Waals surface area (Å²) in [6.07, 6.45) is 2.09. The lowest BCUT2D eigenvalue weighted by Crippen LogP contribution is -2.50. The molecule has 0 N–H and O–H groups in total. The van der Waals surface area contributed by atoms with Crippen LogP contribution in [0.4, 0.5) is 4.39 Å². The average molecular weight is 431 g/mol. The second-order valence-corrected chi connectivity index (χ2v) is 8.48. The summed E-state index contributed by atoms with van der Waals surface area (Å²) in [5.41, 5.74) is 5.91. The number of carbonyl (C=O) groups is 1. The van der Waals surface area contributed by atoms with Gasteiger partial charge in [-0.15, -0.1) is 0 Å².